The molecule has 0 bridgehead atoms. The van der Waals surface area contributed by atoms with Crippen LogP contribution in [0.15, 0.2) is 48.5 Å². The number of carbonyl (C=O) groups excluding carboxylic acids is 2. The van der Waals surface area contributed by atoms with Gasteiger partial charge in [0.2, 0.25) is 0 Å². The molecule has 0 unspecified atom stereocenters. The van der Waals surface area contributed by atoms with Crippen LogP contribution in [0.25, 0.3) is 5.57 Å². The van der Waals surface area contributed by atoms with E-state index in [1.165, 1.54) is 0 Å². The van der Waals surface area contributed by atoms with Crippen LogP contribution in [-0.4, -0.2) is 32.6 Å². The van der Waals surface area contributed by atoms with E-state index in [0.29, 0.717) is 17.9 Å². The summed E-state index contributed by atoms with van der Waals surface area (Å²) in [4.78, 5) is 25.6. The molecule has 0 saturated heterocycles. The number of benzene rings is 2. The maximum absolute atomic E-state index is 13.0. The number of hydrogen-bond acceptors (Lipinski definition) is 5. The van der Waals surface area contributed by atoms with Gasteiger partial charge in [-0.25, -0.2) is 0 Å². The van der Waals surface area contributed by atoms with Crippen molar-refractivity contribution in [3.8, 4) is 11.5 Å². The van der Waals surface area contributed by atoms with Crippen LogP contribution in [0.3, 0.4) is 0 Å². The van der Waals surface area contributed by atoms with Crippen molar-refractivity contribution in [2.45, 2.75) is 26.2 Å². The fourth-order valence-corrected chi connectivity index (χ4v) is 3.83. The van der Waals surface area contributed by atoms with E-state index < -0.39 is 11.9 Å². The van der Waals surface area contributed by atoms with E-state index in [-0.39, 0.29) is 18.3 Å². The SMILES string of the molecule is CCOC(=O)[C@@H]1C(=O)C=C(c2cccc(C)c2)C[C@@H]1c1ccc(OC)c(OC)c1. The van der Waals surface area contributed by atoms with Crippen LogP contribution in [0.5, 0.6) is 11.5 Å². The van der Waals surface area contributed by atoms with Gasteiger partial charge < -0.3 is 14.2 Å². The molecule has 0 spiro atoms. The summed E-state index contributed by atoms with van der Waals surface area (Å²) in [6.45, 7) is 3.99. The molecule has 0 N–H and O–H groups in total. The van der Waals surface area contributed by atoms with E-state index in [0.717, 1.165) is 22.3 Å². The molecule has 2 aromatic carbocycles. The van der Waals surface area contributed by atoms with Gasteiger partial charge in [-0.1, -0.05) is 35.9 Å². The van der Waals surface area contributed by atoms with Crippen molar-refractivity contribution in [3.63, 3.8) is 0 Å². The number of ether oxygens (including phenoxy) is 3. The highest BCUT2D eigenvalue weighted by Crippen LogP contribution is 2.42. The van der Waals surface area contributed by atoms with Crippen molar-refractivity contribution >= 4 is 17.3 Å². The van der Waals surface area contributed by atoms with Crippen molar-refractivity contribution < 1.29 is 23.8 Å². The maximum Gasteiger partial charge on any atom is 0.317 e. The predicted octanol–water partition coefficient (Wildman–Crippen LogP) is 4.33. The lowest BCUT2D eigenvalue weighted by molar-refractivity contribution is -0.151. The van der Waals surface area contributed by atoms with Crippen LogP contribution >= 0.6 is 0 Å². The minimum absolute atomic E-state index is 0.231. The minimum atomic E-state index is -0.874. The number of allylic oxidation sites excluding steroid dienone is 2. The molecule has 0 amide bonds. The van der Waals surface area contributed by atoms with E-state index in [2.05, 4.69) is 6.07 Å². The van der Waals surface area contributed by atoms with Gasteiger partial charge in [-0.2, -0.15) is 0 Å². The lowest BCUT2D eigenvalue weighted by atomic mass is 9.73. The van der Waals surface area contributed by atoms with Crippen LogP contribution in [0, 0.1) is 12.8 Å². The highest BCUT2D eigenvalue weighted by molar-refractivity contribution is 6.10. The Morgan fingerprint density at radius 1 is 1.07 bits per heavy atom. The number of esters is 1. The predicted molar refractivity (Wildman–Crippen MR) is 111 cm³/mol. The lowest BCUT2D eigenvalue weighted by Gasteiger charge is -2.30. The Balaban J connectivity index is 2.06. The molecule has 0 radical (unpaired) electrons. The van der Waals surface area contributed by atoms with Crippen LogP contribution in [0.2, 0.25) is 0 Å². The third kappa shape index (κ3) is 4.34. The van der Waals surface area contributed by atoms with Gasteiger partial charge in [-0.15, -0.1) is 0 Å². The molecular formula is C24H26O5. The average molecular weight is 394 g/mol. The first-order valence-corrected chi connectivity index (χ1v) is 9.68. The quantitative estimate of drug-likeness (QED) is 0.539. The Labute approximate surface area is 171 Å². The topological polar surface area (TPSA) is 61.8 Å². The summed E-state index contributed by atoms with van der Waals surface area (Å²) in [5.74, 6) is -0.779. The van der Waals surface area contributed by atoms with E-state index in [1.807, 2.05) is 37.3 Å². The summed E-state index contributed by atoms with van der Waals surface area (Å²) in [5, 5.41) is 0. The number of aryl methyl sites for hydroxylation is 1. The van der Waals surface area contributed by atoms with Crippen molar-refractivity contribution in [1.29, 1.82) is 0 Å². The minimum Gasteiger partial charge on any atom is -0.493 e. The maximum atomic E-state index is 13.0. The molecule has 0 heterocycles. The molecule has 2 aromatic rings. The second-order valence-corrected chi connectivity index (χ2v) is 7.10. The second-order valence-electron chi connectivity index (χ2n) is 7.10. The fourth-order valence-electron chi connectivity index (χ4n) is 3.83. The Morgan fingerprint density at radius 3 is 2.48 bits per heavy atom. The number of rotatable bonds is 6. The zero-order chi connectivity index (χ0) is 21.0. The molecule has 2 atom stereocenters. The average Bonchev–Trinajstić information content (AvgIpc) is 2.72. The lowest BCUT2D eigenvalue weighted by Crippen LogP contribution is -2.34. The first-order valence-electron chi connectivity index (χ1n) is 9.68. The summed E-state index contributed by atoms with van der Waals surface area (Å²) in [7, 11) is 3.14. The van der Waals surface area contributed by atoms with Gasteiger partial charge in [-0.3, -0.25) is 9.59 Å². The molecule has 0 fully saturated rings. The monoisotopic (exact) mass is 394 g/mol. The van der Waals surface area contributed by atoms with Crippen molar-refractivity contribution in [2.75, 3.05) is 20.8 Å². The van der Waals surface area contributed by atoms with E-state index in [1.54, 1.807) is 33.3 Å². The normalized spacial score (nSPS) is 18.8. The smallest absolute Gasteiger partial charge is 0.317 e. The first kappa shape index (κ1) is 20.6. The number of hydrogen-bond donors (Lipinski definition) is 0. The summed E-state index contributed by atoms with van der Waals surface area (Å²) in [5.41, 5.74) is 3.86. The molecule has 0 saturated carbocycles. The largest absolute Gasteiger partial charge is 0.493 e. The summed E-state index contributed by atoms with van der Waals surface area (Å²) in [6.07, 6.45) is 2.14. The third-order valence-corrected chi connectivity index (χ3v) is 5.23. The highest BCUT2D eigenvalue weighted by Gasteiger charge is 2.40. The molecule has 29 heavy (non-hydrogen) atoms. The van der Waals surface area contributed by atoms with Gasteiger partial charge in [0.05, 0.1) is 20.8 Å². The molecule has 5 nitrogen and oxygen atoms in total. The molecule has 0 aromatic heterocycles. The molecule has 152 valence electrons. The van der Waals surface area contributed by atoms with Crippen LogP contribution in [-0.2, 0) is 14.3 Å². The summed E-state index contributed by atoms with van der Waals surface area (Å²) < 4.78 is 16.0. The molecule has 0 aliphatic heterocycles. The number of carbonyl (C=O) groups is 2. The Kier molecular flexibility index (Phi) is 6.37. The molecule has 5 heteroatoms. The standard InChI is InChI=1S/C24H26O5/c1-5-29-24(26)23-19(17-9-10-21(27-3)22(14-17)28-4)12-18(13-20(23)25)16-8-6-7-15(2)11-16/h6-11,13-14,19,23H,5,12H2,1-4H3/t19-,23+/m1/s1. The van der Waals surface area contributed by atoms with Crippen LogP contribution in [0.1, 0.15) is 36.0 Å². The first-order chi connectivity index (χ1) is 14.0. The molecule has 1 aliphatic carbocycles. The number of methoxy groups -OCH3 is 2. The van der Waals surface area contributed by atoms with Gasteiger partial charge >= 0.3 is 5.97 Å². The summed E-state index contributed by atoms with van der Waals surface area (Å²) in [6, 6.07) is 13.5. The van der Waals surface area contributed by atoms with Crippen molar-refractivity contribution in [2.24, 2.45) is 5.92 Å². The van der Waals surface area contributed by atoms with Gasteiger partial charge in [0.1, 0.15) is 5.92 Å². The Hall–Kier alpha value is -3.08. The number of ketones is 1. The third-order valence-electron chi connectivity index (χ3n) is 5.23. The van der Waals surface area contributed by atoms with Crippen molar-refractivity contribution in [1.82, 2.24) is 0 Å². The van der Waals surface area contributed by atoms with Gasteiger partial charge in [0, 0.05) is 5.92 Å². The molecular weight excluding hydrogens is 368 g/mol. The second kappa shape index (κ2) is 8.95. The van der Waals surface area contributed by atoms with Gasteiger partial charge in [0.25, 0.3) is 0 Å². The zero-order valence-electron chi connectivity index (χ0n) is 17.2. The van der Waals surface area contributed by atoms with Gasteiger partial charge in [0.15, 0.2) is 17.3 Å². The van der Waals surface area contributed by atoms with Crippen molar-refractivity contribution in [3.05, 3.63) is 65.2 Å². The van der Waals surface area contributed by atoms with E-state index >= 15 is 0 Å². The van der Waals surface area contributed by atoms with Gasteiger partial charge in [-0.05, 0) is 55.2 Å². The summed E-state index contributed by atoms with van der Waals surface area (Å²) >= 11 is 0. The zero-order valence-corrected chi connectivity index (χ0v) is 17.2. The van der Waals surface area contributed by atoms with Crippen LogP contribution in [0.4, 0.5) is 0 Å². The molecule has 1 aliphatic rings. The highest BCUT2D eigenvalue weighted by atomic mass is 16.5. The van der Waals surface area contributed by atoms with Crippen LogP contribution < -0.4 is 9.47 Å². The Bertz CT molecular complexity index is 944. The van der Waals surface area contributed by atoms with E-state index in [9.17, 15) is 9.59 Å². The molecule has 3 rings (SSSR count). The van der Waals surface area contributed by atoms with E-state index in [4.69, 9.17) is 14.2 Å². The Morgan fingerprint density at radius 2 is 1.83 bits per heavy atom. The fraction of sp³-hybridized carbons (Fsp3) is 0.333.